The van der Waals surface area contributed by atoms with Gasteiger partial charge in [0, 0.05) is 18.8 Å². The number of aromatic nitrogens is 1. The third kappa shape index (κ3) is 3.96. The number of hydrogen-bond acceptors (Lipinski definition) is 2. The molecule has 1 saturated heterocycles. The van der Waals surface area contributed by atoms with E-state index in [4.69, 9.17) is 0 Å². The molecule has 1 aliphatic heterocycles. The maximum absolute atomic E-state index is 13.2. The summed E-state index contributed by atoms with van der Waals surface area (Å²) in [5.41, 5.74) is 1.49. The molecule has 0 saturated carbocycles. The van der Waals surface area contributed by atoms with Crippen LogP contribution in [0.15, 0.2) is 42.5 Å². The first-order valence-corrected chi connectivity index (χ1v) is 8.94. The van der Waals surface area contributed by atoms with Crippen molar-refractivity contribution in [3.63, 3.8) is 0 Å². The number of aryl methyl sites for hydroxylation is 1. The summed E-state index contributed by atoms with van der Waals surface area (Å²) in [5, 5.41) is 10.5. The zero-order valence-corrected chi connectivity index (χ0v) is 14.8. The number of aliphatic hydroxyl groups excluding tert-OH is 1. The summed E-state index contributed by atoms with van der Waals surface area (Å²) in [6, 6.07) is 12.8. The predicted molar refractivity (Wildman–Crippen MR) is 95.2 cm³/mol. The van der Waals surface area contributed by atoms with E-state index in [0.717, 1.165) is 10.1 Å². The van der Waals surface area contributed by atoms with Crippen LogP contribution in [0.5, 0.6) is 0 Å². The number of alkyl halides is 2. The van der Waals surface area contributed by atoms with Crippen molar-refractivity contribution in [2.45, 2.75) is 38.8 Å². The molecule has 140 valence electrons. The zero-order chi connectivity index (χ0) is 18.7. The molecule has 2 heterocycles. The second-order valence-corrected chi connectivity index (χ2v) is 6.89. The highest BCUT2D eigenvalue weighted by molar-refractivity contribution is 5.93. The average Bonchev–Trinajstić information content (AvgIpc) is 3.04. The molecule has 0 bridgehead atoms. The Kier molecular flexibility index (Phi) is 5.71. The number of hydrogen-bond donors (Lipinski definition) is 1. The summed E-state index contributed by atoms with van der Waals surface area (Å²) in [5.74, 6) is -0.253. The minimum atomic E-state index is -2.73. The SMILES string of the molecule is Cc1ccc(C(=O)N2CCC([C@@H](O)Cc3ccccc3)CC2)n1C(F)F. The number of halogens is 2. The van der Waals surface area contributed by atoms with Gasteiger partial charge >= 0.3 is 6.55 Å². The highest BCUT2D eigenvalue weighted by atomic mass is 19.3. The van der Waals surface area contributed by atoms with Gasteiger partial charge in [-0.3, -0.25) is 9.36 Å². The first kappa shape index (κ1) is 18.6. The number of carbonyl (C=O) groups is 1. The normalized spacial score (nSPS) is 16.9. The van der Waals surface area contributed by atoms with Crippen LogP contribution in [-0.2, 0) is 6.42 Å². The van der Waals surface area contributed by atoms with Crippen molar-refractivity contribution < 1.29 is 18.7 Å². The van der Waals surface area contributed by atoms with Crippen molar-refractivity contribution in [2.75, 3.05) is 13.1 Å². The van der Waals surface area contributed by atoms with Gasteiger partial charge in [-0.1, -0.05) is 30.3 Å². The Morgan fingerprint density at radius 3 is 2.42 bits per heavy atom. The lowest BCUT2D eigenvalue weighted by Crippen LogP contribution is -2.42. The van der Waals surface area contributed by atoms with Gasteiger partial charge in [0.2, 0.25) is 0 Å². The molecule has 2 aromatic rings. The second-order valence-electron chi connectivity index (χ2n) is 6.89. The van der Waals surface area contributed by atoms with Crippen LogP contribution in [0.4, 0.5) is 8.78 Å². The van der Waals surface area contributed by atoms with Crippen LogP contribution >= 0.6 is 0 Å². The van der Waals surface area contributed by atoms with E-state index in [0.29, 0.717) is 38.0 Å². The van der Waals surface area contributed by atoms with Crippen molar-refractivity contribution >= 4 is 5.91 Å². The second kappa shape index (κ2) is 7.99. The molecule has 0 aliphatic carbocycles. The summed E-state index contributed by atoms with van der Waals surface area (Å²) in [6.07, 6.45) is 1.48. The smallest absolute Gasteiger partial charge is 0.319 e. The molecule has 3 rings (SSSR count). The topological polar surface area (TPSA) is 45.5 Å². The van der Waals surface area contributed by atoms with Crippen LogP contribution in [0.3, 0.4) is 0 Å². The summed E-state index contributed by atoms with van der Waals surface area (Å²) < 4.78 is 27.1. The first-order chi connectivity index (χ1) is 12.5. The summed E-state index contributed by atoms with van der Waals surface area (Å²) in [4.78, 5) is 14.2. The van der Waals surface area contributed by atoms with Crippen molar-refractivity contribution in [1.29, 1.82) is 0 Å². The Balaban J connectivity index is 1.59. The molecule has 1 N–H and O–H groups in total. The average molecular weight is 362 g/mol. The van der Waals surface area contributed by atoms with Crippen LogP contribution in [-0.4, -0.2) is 39.7 Å². The lowest BCUT2D eigenvalue weighted by Gasteiger charge is -2.34. The number of nitrogens with zero attached hydrogens (tertiary/aromatic N) is 2. The van der Waals surface area contributed by atoms with E-state index in [1.54, 1.807) is 11.8 Å². The van der Waals surface area contributed by atoms with Gasteiger partial charge in [0.1, 0.15) is 5.69 Å². The Morgan fingerprint density at radius 1 is 1.15 bits per heavy atom. The lowest BCUT2D eigenvalue weighted by molar-refractivity contribution is 0.0402. The maximum Gasteiger partial charge on any atom is 0.319 e. The van der Waals surface area contributed by atoms with E-state index >= 15 is 0 Å². The minimum absolute atomic E-state index is 0.0285. The molecule has 0 radical (unpaired) electrons. The van der Waals surface area contributed by atoms with E-state index in [9.17, 15) is 18.7 Å². The van der Waals surface area contributed by atoms with Gasteiger partial charge in [0.05, 0.1) is 6.10 Å². The standard InChI is InChI=1S/C20H24F2N2O2/c1-14-7-8-17(24(14)20(21)22)19(26)23-11-9-16(10-12-23)18(25)13-15-5-3-2-4-6-15/h2-8,16,18,20,25H,9-13H2,1H3/t18-/m0/s1. The highest BCUT2D eigenvalue weighted by Crippen LogP contribution is 2.26. The molecule has 1 atom stereocenters. The van der Waals surface area contributed by atoms with Crippen LogP contribution in [0.25, 0.3) is 0 Å². The molecular weight excluding hydrogens is 338 g/mol. The highest BCUT2D eigenvalue weighted by Gasteiger charge is 2.30. The van der Waals surface area contributed by atoms with Crippen molar-refractivity contribution in [3.05, 3.63) is 59.4 Å². The fourth-order valence-corrected chi connectivity index (χ4v) is 3.66. The number of aliphatic hydroxyl groups is 1. The number of amides is 1. The molecule has 1 amide bonds. The summed E-state index contributed by atoms with van der Waals surface area (Å²) in [7, 11) is 0. The third-order valence-electron chi connectivity index (χ3n) is 5.19. The fraction of sp³-hybridized carbons (Fsp3) is 0.450. The van der Waals surface area contributed by atoms with Crippen molar-refractivity contribution in [2.24, 2.45) is 5.92 Å². The van der Waals surface area contributed by atoms with Crippen LogP contribution < -0.4 is 0 Å². The monoisotopic (exact) mass is 362 g/mol. The molecule has 6 heteroatoms. The fourth-order valence-electron chi connectivity index (χ4n) is 3.66. The van der Waals surface area contributed by atoms with E-state index in [2.05, 4.69) is 0 Å². The van der Waals surface area contributed by atoms with Gasteiger partial charge in [0.15, 0.2) is 0 Å². The molecule has 1 fully saturated rings. The summed E-state index contributed by atoms with van der Waals surface area (Å²) in [6.45, 7) is -0.213. The van der Waals surface area contributed by atoms with Crippen LogP contribution in [0, 0.1) is 12.8 Å². The van der Waals surface area contributed by atoms with Gasteiger partial charge in [-0.15, -0.1) is 0 Å². The molecule has 0 unspecified atom stereocenters. The van der Waals surface area contributed by atoms with Gasteiger partial charge in [-0.05, 0) is 49.8 Å². The van der Waals surface area contributed by atoms with Crippen molar-refractivity contribution in [3.8, 4) is 0 Å². The molecule has 26 heavy (non-hydrogen) atoms. The van der Waals surface area contributed by atoms with Crippen LogP contribution in [0.2, 0.25) is 0 Å². The minimum Gasteiger partial charge on any atom is -0.392 e. The maximum atomic E-state index is 13.2. The number of benzene rings is 1. The number of piperidine rings is 1. The lowest BCUT2D eigenvalue weighted by atomic mass is 9.88. The van der Waals surface area contributed by atoms with E-state index in [1.165, 1.54) is 12.1 Å². The molecular formula is C20H24F2N2O2. The Morgan fingerprint density at radius 2 is 1.81 bits per heavy atom. The summed E-state index contributed by atoms with van der Waals surface area (Å²) >= 11 is 0. The molecule has 1 aromatic carbocycles. The van der Waals surface area contributed by atoms with Gasteiger partial charge < -0.3 is 10.0 Å². The molecule has 1 aromatic heterocycles. The molecule has 1 aliphatic rings. The van der Waals surface area contributed by atoms with Crippen molar-refractivity contribution in [1.82, 2.24) is 9.47 Å². The zero-order valence-electron chi connectivity index (χ0n) is 14.8. The largest absolute Gasteiger partial charge is 0.392 e. The number of carbonyl (C=O) groups excluding carboxylic acids is 1. The molecule has 4 nitrogen and oxygen atoms in total. The predicted octanol–water partition coefficient (Wildman–Crippen LogP) is 3.65. The van der Waals surface area contributed by atoms with E-state index in [1.807, 2.05) is 30.3 Å². The number of rotatable bonds is 5. The Labute approximate surface area is 152 Å². The van der Waals surface area contributed by atoms with E-state index in [-0.39, 0.29) is 17.5 Å². The third-order valence-corrected chi connectivity index (χ3v) is 5.19. The Hall–Kier alpha value is -2.21. The number of likely N-dealkylation sites (tertiary alicyclic amines) is 1. The Bertz CT molecular complexity index is 738. The first-order valence-electron chi connectivity index (χ1n) is 8.94. The quantitative estimate of drug-likeness (QED) is 0.883. The van der Waals surface area contributed by atoms with E-state index < -0.39 is 12.7 Å². The van der Waals surface area contributed by atoms with Gasteiger partial charge in [-0.2, -0.15) is 8.78 Å². The van der Waals surface area contributed by atoms with Gasteiger partial charge in [0.25, 0.3) is 5.91 Å². The van der Waals surface area contributed by atoms with Gasteiger partial charge in [-0.25, -0.2) is 0 Å². The van der Waals surface area contributed by atoms with Crippen LogP contribution in [0.1, 0.15) is 41.1 Å². The molecule has 0 spiro atoms.